The minimum absolute atomic E-state index is 0.226. The van der Waals surface area contributed by atoms with Gasteiger partial charge in [0.25, 0.3) is 0 Å². The molecule has 1 fully saturated rings. The average Bonchev–Trinajstić information content (AvgIpc) is 2.94. The van der Waals surface area contributed by atoms with E-state index in [1.54, 1.807) is 18.1 Å². The lowest BCUT2D eigenvalue weighted by atomic mass is 10.2. The molecule has 7 heteroatoms. The van der Waals surface area contributed by atoms with Gasteiger partial charge in [-0.2, -0.15) is 0 Å². The van der Waals surface area contributed by atoms with Gasteiger partial charge in [-0.1, -0.05) is 11.6 Å². The highest BCUT2D eigenvalue weighted by Crippen LogP contribution is 2.42. The number of aromatic nitrogens is 4. The molecule has 1 aliphatic rings. The summed E-state index contributed by atoms with van der Waals surface area (Å²) in [6.45, 7) is 0.226. The topological polar surface area (TPSA) is 63.8 Å². The first-order valence-electron chi connectivity index (χ1n) is 5.39. The van der Waals surface area contributed by atoms with E-state index in [2.05, 4.69) is 15.0 Å². The Labute approximate surface area is 107 Å². The Morgan fingerprint density at radius 2 is 2.29 bits per heavy atom. The SMILES string of the molecule is OC[C@@H]1CC[C@H](n2cnc3c(Cl)ncnc32)S1. The van der Waals surface area contributed by atoms with Crippen molar-refractivity contribution in [1.82, 2.24) is 19.5 Å². The number of nitrogens with zero attached hydrogens (tertiary/aromatic N) is 4. The van der Waals surface area contributed by atoms with Gasteiger partial charge < -0.3 is 9.67 Å². The highest BCUT2D eigenvalue weighted by atomic mass is 35.5. The first-order chi connectivity index (χ1) is 8.29. The number of aliphatic hydroxyl groups is 1. The van der Waals surface area contributed by atoms with Gasteiger partial charge in [-0.15, -0.1) is 11.8 Å². The number of rotatable bonds is 2. The second-order valence-corrected chi connectivity index (χ2v) is 5.80. The zero-order valence-corrected chi connectivity index (χ0v) is 10.5. The van der Waals surface area contributed by atoms with E-state index in [-0.39, 0.29) is 12.0 Å². The molecule has 17 heavy (non-hydrogen) atoms. The van der Waals surface area contributed by atoms with Crippen LogP contribution in [0.15, 0.2) is 12.7 Å². The molecule has 5 nitrogen and oxygen atoms in total. The molecule has 0 aromatic carbocycles. The van der Waals surface area contributed by atoms with Crippen molar-refractivity contribution in [3.8, 4) is 0 Å². The van der Waals surface area contributed by atoms with Crippen molar-refractivity contribution in [3.05, 3.63) is 17.8 Å². The fourth-order valence-corrected chi connectivity index (χ4v) is 3.60. The maximum absolute atomic E-state index is 9.15. The first-order valence-corrected chi connectivity index (χ1v) is 6.71. The number of fused-ring (bicyclic) bond motifs is 1. The molecular weight excluding hydrogens is 260 g/mol. The number of hydrogen-bond donors (Lipinski definition) is 1. The third kappa shape index (κ3) is 1.90. The second kappa shape index (κ2) is 4.44. The molecule has 3 rings (SSSR count). The van der Waals surface area contributed by atoms with Crippen molar-refractivity contribution in [2.24, 2.45) is 0 Å². The van der Waals surface area contributed by atoms with Gasteiger partial charge in [0.2, 0.25) is 0 Å². The molecule has 0 spiro atoms. The average molecular weight is 271 g/mol. The van der Waals surface area contributed by atoms with E-state index in [4.69, 9.17) is 16.7 Å². The summed E-state index contributed by atoms with van der Waals surface area (Å²) < 4.78 is 2.02. The summed E-state index contributed by atoms with van der Waals surface area (Å²) in [6.07, 6.45) is 5.24. The fourth-order valence-electron chi connectivity index (χ4n) is 2.06. The normalized spacial score (nSPS) is 24.6. The van der Waals surface area contributed by atoms with Gasteiger partial charge in [0.05, 0.1) is 18.3 Å². The van der Waals surface area contributed by atoms with E-state index < -0.39 is 0 Å². The summed E-state index contributed by atoms with van der Waals surface area (Å²) in [6, 6.07) is 0. The van der Waals surface area contributed by atoms with E-state index in [0.717, 1.165) is 18.5 Å². The zero-order valence-electron chi connectivity index (χ0n) is 8.95. The van der Waals surface area contributed by atoms with Crippen LogP contribution in [0.4, 0.5) is 0 Å². The molecular formula is C10H11ClN4OS. The molecule has 0 bridgehead atoms. The molecule has 2 aromatic heterocycles. The van der Waals surface area contributed by atoms with Crippen LogP contribution in [0.1, 0.15) is 18.2 Å². The molecule has 0 radical (unpaired) electrons. The highest BCUT2D eigenvalue weighted by Gasteiger charge is 2.27. The molecule has 1 saturated heterocycles. The van der Waals surface area contributed by atoms with E-state index in [9.17, 15) is 0 Å². The summed E-state index contributed by atoms with van der Waals surface area (Å²) in [5, 5.41) is 10.1. The molecule has 0 aliphatic carbocycles. The summed E-state index contributed by atoms with van der Waals surface area (Å²) in [4.78, 5) is 12.4. The molecule has 0 saturated carbocycles. The van der Waals surface area contributed by atoms with Crippen molar-refractivity contribution < 1.29 is 5.11 Å². The van der Waals surface area contributed by atoms with Crippen LogP contribution in [-0.2, 0) is 0 Å². The third-order valence-corrected chi connectivity index (χ3v) is 4.74. The number of hydrogen-bond acceptors (Lipinski definition) is 5. The van der Waals surface area contributed by atoms with Crippen LogP contribution in [0.5, 0.6) is 0 Å². The Balaban J connectivity index is 1.99. The summed E-state index contributed by atoms with van der Waals surface area (Å²) in [5.74, 6) is 0. The third-order valence-electron chi connectivity index (χ3n) is 2.91. The minimum Gasteiger partial charge on any atom is -0.395 e. The summed E-state index contributed by atoms with van der Waals surface area (Å²) >= 11 is 7.72. The van der Waals surface area contributed by atoms with Crippen molar-refractivity contribution in [1.29, 1.82) is 0 Å². The maximum Gasteiger partial charge on any atom is 0.165 e. The Hall–Kier alpha value is -0.850. The predicted octanol–water partition coefficient (Wildman–Crippen LogP) is 1.87. The van der Waals surface area contributed by atoms with Crippen molar-refractivity contribution in [2.75, 3.05) is 6.61 Å². The lowest BCUT2D eigenvalue weighted by molar-refractivity contribution is 0.292. The van der Waals surface area contributed by atoms with Crippen LogP contribution >= 0.6 is 23.4 Å². The van der Waals surface area contributed by atoms with Crippen LogP contribution in [-0.4, -0.2) is 36.5 Å². The highest BCUT2D eigenvalue weighted by molar-refractivity contribution is 8.00. The van der Waals surface area contributed by atoms with E-state index >= 15 is 0 Å². The Morgan fingerprint density at radius 1 is 1.41 bits per heavy atom. The van der Waals surface area contributed by atoms with Crippen LogP contribution in [0.2, 0.25) is 5.15 Å². The van der Waals surface area contributed by atoms with E-state index in [1.807, 2.05) is 4.57 Å². The van der Waals surface area contributed by atoms with Crippen molar-refractivity contribution in [3.63, 3.8) is 0 Å². The molecule has 2 aromatic rings. The lowest BCUT2D eigenvalue weighted by Gasteiger charge is -2.11. The molecule has 1 aliphatic heterocycles. The molecule has 0 unspecified atom stereocenters. The molecule has 3 heterocycles. The van der Waals surface area contributed by atoms with Gasteiger partial charge in [0, 0.05) is 5.25 Å². The van der Waals surface area contributed by atoms with Crippen LogP contribution in [0.25, 0.3) is 11.2 Å². The monoisotopic (exact) mass is 270 g/mol. The van der Waals surface area contributed by atoms with Gasteiger partial charge in [0.15, 0.2) is 10.8 Å². The van der Waals surface area contributed by atoms with Crippen LogP contribution in [0.3, 0.4) is 0 Å². The quantitative estimate of drug-likeness (QED) is 0.844. The Kier molecular flexibility index (Phi) is 2.94. The van der Waals surface area contributed by atoms with E-state index in [1.165, 1.54) is 6.33 Å². The van der Waals surface area contributed by atoms with E-state index in [0.29, 0.717) is 15.9 Å². The number of aliphatic hydroxyl groups excluding tert-OH is 1. The standard InChI is InChI=1S/C10H11ClN4OS/c11-9-8-10(13-4-12-9)15(5-14-8)7-2-1-6(3-16)17-7/h4-7,16H,1-3H2/t6-,7+/m0/s1. The maximum atomic E-state index is 9.15. The molecule has 0 amide bonds. The molecule has 2 atom stereocenters. The van der Waals surface area contributed by atoms with Gasteiger partial charge in [0.1, 0.15) is 11.8 Å². The van der Waals surface area contributed by atoms with Gasteiger partial charge >= 0.3 is 0 Å². The second-order valence-electron chi connectivity index (χ2n) is 3.96. The Morgan fingerprint density at radius 3 is 3.06 bits per heavy atom. The Bertz CT molecular complexity index is 546. The van der Waals surface area contributed by atoms with Crippen LogP contribution < -0.4 is 0 Å². The van der Waals surface area contributed by atoms with Gasteiger partial charge in [-0.25, -0.2) is 15.0 Å². The molecule has 1 N–H and O–H groups in total. The summed E-state index contributed by atoms with van der Waals surface area (Å²) in [7, 11) is 0. The largest absolute Gasteiger partial charge is 0.395 e. The van der Waals surface area contributed by atoms with Crippen molar-refractivity contribution in [2.45, 2.75) is 23.5 Å². The summed E-state index contributed by atoms with van der Waals surface area (Å²) in [5.41, 5.74) is 1.41. The fraction of sp³-hybridized carbons (Fsp3) is 0.500. The number of imidazole rings is 1. The van der Waals surface area contributed by atoms with Gasteiger partial charge in [-0.05, 0) is 12.8 Å². The van der Waals surface area contributed by atoms with Gasteiger partial charge in [-0.3, -0.25) is 0 Å². The number of halogens is 1. The van der Waals surface area contributed by atoms with Crippen molar-refractivity contribution >= 4 is 34.5 Å². The predicted molar refractivity (Wildman–Crippen MR) is 67.1 cm³/mol. The lowest BCUT2D eigenvalue weighted by Crippen LogP contribution is -2.04. The smallest absolute Gasteiger partial charge is 0.165 e. The number of thioether (sulfide) groups is 1. The minimum atomic E-state index is 0.226. The zero-order chi connectivity index (χ0) is 11.8. The van der Waals surface area contributed by atoms with Crippen LogP contribution in [0, 0.1) is 0 Å². The first kappa shape index (κ1) is 11.3. The molecule has 90 valence electrons.